The van der Waals surface area contributed by atoms with Crippen molar-refractivity contribution < 1.29 is 18.4 Å². The Labute approximate surface area is 109 Å². The Morgan fingerprint density at radius 2 is 2.17 bits per heavy atom. The molecule has 0 unspecified atom stereocenters. The first kappa shape index (κ1) is 14.8. The molecule has 1 rings (SSSR count). The number of sulfonamides is 1. The van der Waals surface area contributed by atoms with Gasteiger partial charge in [-0.1, -0.05) is 11.6 Å². The van der Waals surface area contributed by atoms with E-state index in [2.05, 4.69) is 4.72 Å². The molecule has 0 heterocycles. The number of nitrogens with one attached hydrogen (secondary N) is 1. The molecule has 0 aliphatic heterocycles. The minimum atomic E-state index is -3.99. The predicted octanol–water partition coefficient (Wildman–Crippen LogP) is 0.907. The number of benzene rings is 1. The van der Waals surface area contributed by atoms with Gasteiger partial charge in [0.15, 0.2) is 0 Å². The van der Waals surface area contributed by atoms with Gasteiger partial charge < -0.3 is 5.11 Å². The minimum Gasteiger partial charge on any atom is -0.392 e. The zero-order valence-electron chi connectivity index (χ0n) is 9.33. The summed E-state index contributed by atoms with van der Waals surface area (Å²) < 4.78 is 25.7. The third-order valence-corrected chi connectivity index (χ3v) is 3.89. The van der Waals surface area contributed by atoms with Crippen LogP contribution in [0.1, 0.15) is 6.92 Å². The molecule has 2 N–H and O–H groups in total. The summed E-state index contributed by atoms with van der Waals surface area (Å²) in [6.45, 7) is 1.19. The molecule has 0 spiro atoms. The van der Waals surface area contributed by atoms with Crippen molar-refractivity contribution in [2.24, 2.45) is 0 Å². The van der Waals surface area contributed by atoms with Crippen molar-refractivity contribution in [3.63, 3.8) is 0 Å². The van der Waals surface area contributed by atoms with E-state index in [1.807, 2.05) is 0 Å². The number of nitrogens with zero attached hydrogens (tertiary/aromatic N) is 1. The van der Waals surface area contributed by atoms with E-state index in [0.29, 0.717) is 0 Å². The van der Waals surface area contributed by atoms with E-state index in [9.17, 15) is 18.5 Å². The van der Waals surface area contributed by atoms with Crippen LogP contribution in [-0.4, -0.2) is 31.1 Å². The van der Waals surface area contributed by atoms with E-state index in [1.165, 1.54) is 6.92 Å². The van der Waals surface area contributed by atoms with Gasteiger partial charge in [-0.15, -0.1) is 0 Å². The number of aliphatic hydroxyl groups is 1. The minimum absolute atomic E-state index is 0.126. The molecule has 1 aromatic carbocycles. The molecule has 100 valence electrons. The normalized spacial score (nSPS) is 13.3. The molecule has 0 aliphatic carbocycles. The quantitative estimate of drug-likeness (QED) is 0.619. The van der Waals surface area contributed by atoms with Crippen LogP contribution in [0.4, 0.5) is 5.69 Å². The molecule has 0 fully saturated rings. The molecule has 0 saturated carbocycles. The average molecular weight is 295 g/mol. The fraction of sp³-hybridized carbons (Fsp3) is 0.333. The number of hydrogen-bond donors (Lipinski definition) is 2. The fourth-order valence-corrected chi connectivity index (χ4v) is 2.76. The molecule has 0 saturated heterocycles. The molecular weight excluding hydrogens is 284 g/mol. The average Bonchev–Trinajstić information content (AvgIpc) is 2.26. The molecule has 18 heavy (non-hydrogen) atoms. The Hall–Kier alpha value is -1.22. The first-order chi connectivity index (χ1) is 8.24. The second-order valence-corrected chi connectivity index (χ2v) is 5.72. The van der Waals surface area contributed by atoms with Gasteiger partial charge in [0.25, 0.3) is 5.69 Å². The van der Waals surface area contributed by atoms with Crippen molar-refractivity contribution in [3.8, 4) is 0 Å². The van der Waals surface area contributed by atoms with E-state index < -0.39 is 21.1 Å². The maximum absolute atomic E-state index is 11.8. The summed E-state index contributed by atoms with van der Waals surface area (Å²) in [6.07, 6.45) is -0.878. The number of nitro benzene ring substituents is 1. The molecule has 1 aromatic rings. The van der Waals surface area contributed by atoms with Gasteiger partial charge in [0.2, 0.25) is 10.0 Å². The predicted molar refractivity (Wildman–Crippen MR) is 65.0 cm³/mol. The second-order valence-electron chi connectivity index (χ2n) is 3.57. The van der Waals surface area contributed by atoms with Crippen molar-refractivity contribution in [2.75, 3.05) is 6.54 Å². The lowest BCUT2D eigenvalue weighted by molar-refractivity contribution is -0.385. The van der Waals surface area contributed by atoms with E-state index in [4.69, 9.17) is 16.7 Å². The van der Waals surface area contributed by atoms with Crippen LogP contribution in [0.3, 0.4) is 0 Å². The molecule has 1 atom stereocenters. The van der Waals surface area contributed by atoms with Crippen LogP contribution in [0.5, 0.6) is 0 Å². The fourth-order valence-electron chi connectivity index (χ4n) is 1.12. The topological polar surface area (TPSA) is 110 Å². The first-order valence-corrected chi connectivity index (χ1v) is 6.72. The highest BCUT2D eigenvalue weighted by molar-refractivity contribution is 7.89. The summed E-state index contributed by atoms with van der Waals surface area (Å²) in [5.41, 5.74) is -0.378. The van der Waals surface area contributed by atoms with Crippen LogP contribution in [0, 0.1) is 10.1 Å². The number of aliphatic hydroxyl groups excluding tert-OH is 1. The summed E-state index contributed by atoms with van der Waals surface area (Å²) in [5.74, 6) is 0. The third-order valence-electron chi connectivity index (χ3n) is 1.98. The summed E-state index contributed by atoms with van der Waals surface area (Å²) in [7, 11) is -3.99. The third kappa shape index (κ3) is 3.64. The van der Waals surface area contributed by atoms with Crippen LogP contribution in [-0.2, 0) is 10.0 Å². The van der Waals surface area contributed by atoms with Crippen LogP contribution in [0.15, 0.2) is 23.1 Å². The Morgan fingerprint density at radius 3 is 2.67 bits per heavy atom. The molecule has 0 bridgehead atoms. The first-order valence-electron chi connectivity index (χ1n) is 4.85. The van der Waals surface area contributed by atoms with Crippen LogP contribution in [0.25, 0.3) is 0 Å². The van der Waals surface area contributed by atoms with Gasteiger partial charge in [-0.2, -0.15) is 0 Å². The molecule has 0 aliphatic rings. The number of non-ortho nitro benzene ring substituents is 1. The smallest absolute Gasteiger partial charge is 0.270 e. The highest BCUT2D eigenvalue weighted by atomic mass is 35.5. The summed E-state index contributed by atoms with van der Waals surface area (Å²) in [5, 5.41) is 19.4. The Kier molecular flexibility index (Phi) is 4.63. The number of hydrogen-bond acceptors (Lipinski definition) is 5. The monoisotopic (exact) mass is 294 g/mol. The number of nitro groups is 1. The van der Waals surface area contributed by atoms with Crippen molar-refractivity contribution in [2.45, 2.75) is 17.9 Å². The van der Waals surface area contributed by atoms with Crippen LogP contribution >= 0.6 is 11.6 Å². The SMILES string of the molecule is C[C@@H](O)CNS(=O)(=O)c1cc([N+](=O)[O-])ccc1Cl. The van der Waals surface area contributed by atoms with E-state index in [1.54, 1.807) is 0 Å². The van der Waals surface area contributed by atoms with Crippen molar-refractivity contribution >= 4 is 27.3 Å². The van der Waals surface area contributed by atoms with E-state index in [0.717, 1.165) is 18.2 Å². The number of halogens is 1. The maximum Gasteiger partial charge on any atom is 0.270 e. The second kappa shape index (κ2) is 5.61. The zero-order valence-corrected chi connectivity index (χ0v) is 10.9. The summed E-state index contributed by atoms with van der Waals surface area (Å²) >= 11 is 5.70. The largest absolute Gasteiger partial charge is 0.392 e. The lowest BCUT2D eigenvalue weighted by atomic mass is 10.3. The highest BCUT2D eigenvalue weighted by Crippen LogP contribution is 2.25. The number of rotatable bonds is 5. The van der Waals surface area contributed by atoms with E-state index in [-0.39, 0.29) is 22.2 Å². The lowest BCUT2D eigenvalue weighted by Gasteiger charge is -2.09. The van der Waals surface area contributed by atoms with Crippen LogP contribution in [0.2, 0.25) is 5.02 Å². The molecule has 0 amide bonds. The summed E-state index contributed by atoms with van der Waals surface area (Å²) in [6, 6.07) is 3.11. The Morgan fingerprint density at radius 1 is 1.56 bits per heavy atom. The van der Waals surface area contributed by atoms with Gasteiger partial charge in [0, 0.05) is 18.7 Å². The van der Waals surface area contributed by atoms with Crippen molar-refractivity contribution in [1.82, 2.24) is 4.72 Å². The summed E-state index contributed by atoms with van der Waals surface area (Å²) in [4.78, 5) is 9.46. The van der Waals surface area contributed by atoms with Gasteiger partial charge in [0.1, 0.15) is 4.90 Å². The molecule has 9 heteroatoms. The maximum atomic E-state index is 11.8. The molecule has 7 nitrogen and oxygen atoms in total. The van der Waals surface area contributed by atoms with Crippen molar-refractivity contribution in [3.05, 3.63) is 33.3 Å². The molecule has 0 radical (unpaired) electrons. The Bertz CT molecular complexity index is 558. The van der Waals surface area contributed by atoms with Gasteiger partial charge in [-0.25, -0.2) is 13.1 Å². The molecule has 0 aromatic heterocycles. The molecular formula is C9H11ClN2O5S. The van der Waals surface area contributed by atoms with Crippen molar-refractivity contribution in [1.29, 1.82) is 0 Å². The van der Waals surface area contributed by atoms with Gasteiger partial charge >= 0.3 is 0 Å². The zero-order chi connectivity index (χ0) is 13.9. The van der Waals surface area contributed by atoms with Gasteiger partial charge in [0.05, 0.1) is 16.0 Å². The lowest BCUT2D eigenvalue weighted by Crippen LogP contribution is -2.30. The Balaban J connectivity index is 3.15. The highest BCUT2D eigenvalue weighted by Gasteiger charge is 2.21. The van der Waals surface area contributed by atoms with Gasteiger partial charge in [-0.3, -0.25) is 10.1 Å². The van der Waals surface area contributed by atoms with Gasteiger partial charge in [-0.05, 0) is 13.0 Å². The standard InChI is InChI=1S/C9H11ClN2O5S/c1-6(13)5-11-18(16,17)9-4-7(12(14)15)2-3-8(9)10/h2-4,6,11,13H,5H2,1H3/t6-/m1/s1. The van der Waals surface area contributed by atoms with E-state index >= 15 is 0 Å². The van der Waals surface area contributed by atoms with Crippen LogP contribution < -0.4 is 4.72 Å².